The molecular weight excluding hydrogens is 442 g/mol. The van der Waals surface area contributed by atoms with Crippen molar-refractivity contribution in [1.82, 2.24) is 10.2 Å². The SMILES string of the molecule is CCCCN1C(=O)[C@H]2[C@H](C(=O)Nc3cccc(C)c3)[C@H]3C=C[C@@]2(O3)[C@@H]1C(=O)N[C@@H]1CCCC[C@@H]1C. The number of nitrogens with zero attached hydrogens (tertiary/aromatic N) is 1. The zero-order valence-electron chi connectivity index (χ0n) is 21.0. The minimum absolute atomic E-state index is 0.109. The Bertz CT molecular complexity index is 1040. The van der Waals surface area contributed by atoms with Crippen LogP contribution in [0, 0.1) is 24.7 Å². The first-order chi connectivity index (χ1) is 16.9. The van der Waals surface area contributed by atoms with Gasteiger partial charge in [0.15, 0.2) is 0 Å². The summed E-state index contributed by atoms with van der Waals surface area (Å²) in [5.74, 6) is -1.48. The quantitative estimate of drug-likeness (QED) is 0.585. The lowest BCUT2D eigenvalue weighted by atomic mass is 9.74. The van der Waals surface area contributed by atoms with E-state index in [2.05, 4.69) is 24.5 Å². The predicted octanol–water partition coefficient (Wildman–Crippen LogP) is 3.58. The van der Waals surface area contributed by atoms with E-state index < -0.39 is 29.6 Å². The lowest BCUT2D eigenvalue weighted by molar-refractivity contribution is -0.141. The number of fused-ring (bicyclic) bond motifs is 1. The van der Waals surface area contributed by atoms with Gasteiger partial charge in [0.05, 0.1) is 17.9 Å². The standard InChI is InChI=1S/C28H37N3O4/c1-4-5-15-31-24(26(33)30-20-12-7-6-10-18(20)3)28-14-13-21(35-28)22(23(28)27(31)34)25(32)29-19-11-8-9-17(2)16-19/h8-9,11,13-14,16,18,20-24H,4-7,10,12,15H2,1-3H3,(H,29,32)(H,30,33)/t18-,20+,21+,22+,23+,24-,28-/m0/s1. The van der Waals surface area contributed by atoms with Gasteiger partial charge in [0.25, 0.3) is 0 Å². The maximum atomic E-state index is 13.8. The van der Waals surface area contributed by atoms with Gasteiger partial charge in [0.2, 0.25) is 17.7 Å². The first kappa shape index (κ1) is 24.0. The number of aryl methyl sites for hydroxylation is 1. The Kier molecular flexibility index (Phi) is 6.47. The van der Waals surface area contributed by atoms with Gasteiger partial charge in [-0.2, -0.15) is 0 Å². The molecule has 2 saturated heterocycles. The van der Waals surface area contributed by atoms with Gasteiger partial charge < -0.3 is 20.3 Å². The Balaban J connectivity index is 1.43. The van der Waals surface area contributed by atoms with Gasteiger partial charge in [-0.3, -0.25) is 14.4 Å². The Hall–Kier alpha value is -2.67. The number of hydrogen-bond acceptors (Lipinski definition) is 4. The molecule has 188 valence electrons. The van der Waals surface area contributed by atoms with Crippen LogP contribution in [0.25, 0.3) is 0 Å². The van der Waals surface area contributed by atoms with Crippen LogP contribution in [0.1, 0.15) is 57.9 Å². The molecule has 1 saturated carbocycles. The van der Waals surface area contributed by atoms with E-state index in [-0.39, 0.29) is 23.8 Å². The summed E-state index contributed by atoms with van der Waals surface area (Å²) in [6.45, 7) is 6.71. The monoisotopic (exact) mass is 479 g/mol. The van der Waals surface area contributed by atoms with Gasteiger partial charge in [-0.25, -0.2) is 0 Å². The van der Waals surface area contributed by atoms with Crippen LogP contribution in [0.15, 0.2) is 36.4 Å². The van der Waals surface area contributed by atoms with E-state index in [1.165, 1.54) is 6.42 Å². The summed E-state index contributed by atoms with van der Waals surface area (Å²) in [4.78, 5) is 42.8. The summed E-state index contributed by atoms with van der Waals surface area (Å²) in [5.41, 5.74) is 0.649. The van der Waals surface area contributed by atoms with Gasteiger partial charge in [0, 0.05) is 18.3 Å². The molecule has 3 amide bonds. The summed E-state index contributed by atoms with van der Waals surface area (Å²) in [5, 5.41) is 6.26. The number of unbranched alkanes of at least 4 members (excludes halogenated alkanes) is 1. The maximum absolute atomic E-state index is 13.8. The molecule has 3 heterocycles. The summed E-state index contributed by atoms with van der Waals surface area (Å²) in [6.07, 6.45) is 9.31. The molecule has 4 aliphatic rings. The van der Waals surface area contributed by atoms with Crippen LogP contribution >= 0.6 is 0 Å². The van der Waals surface area contributed by atoms with Crippen LogP contribution in [-0.2, 0) is 19.1 Å². The van der Waals surface area contributed by atoms with Crippen molar-refractivity contribution in [1.29, 1.82) is 0 Å². The third-order valence-corrected chi connectivity index (χ3v) is 8.40. The van der Waals surface area contributed by atoms with Crippen molar-refractivity contribution in [3.8, 4) is 0 Å². The average Bonchev–Trinajstić information content (AvgIpc) is 3.46. The van der Waals surface area contributed by atoms with Crippen molar-refractivity contribution in [3.63, 3.8) is 0 Å². The highest BCUT2D eigenvalue weighted by Gasteiger charge is 2.72. The van der Waals surface area contributed by atoms with Crippen LogP contribution in [0.2, 0.25) is 0 Å². The fourth-order valence-corrected chi connectivity index (χ4v) is 6.58. The van der Waals surface area contributed by atoms with Crippen molar-refractivity contribution in [2.45, 2.75) is 83.1 Å². The summed E-state index contributed by atoms with van der Waals surface area (Å²) in [7, 11) is 0. The molecule has 2 N–H and O–H groups in total. The fourth-order valence-electron chi connectivity index (χ4n) is 6.58. The molecule has 7 atom stereocenters. The largest absolute Gasteiger partial charge is 0.359 e. The second kappa shape index (κ2) is 9.41. The Morgan fingerprint density at radius 3 is 2.74 bits per heavy atom. The molecule has 0 unspecified atom stereocenters. The molecule has 0 aromatic heterocycles. The second-order valence-electron chi connectivity index (χ2n) is 10.8. The number of rotatable bonds is 7. The summed E-state index contributed by atoms with van der Waals surface area (Å²) in [6, 6.07) is 6.97. The Labute approximate surface area is 207 Å². The second-order valence-corrected chi connectivity index (χ2v) is 10.8. The number of amides is 3. The molecule has 7 heteroatoms. The number of carbonyl (C=O) groups is 3. The van der Waals surface area contributed by atoms with Crippen molar-refractivity contribution in [2.75, 3.05) is 11.9 Å². The molecule has 1 aromatic carbocycles. The Morgan fingerprint density at radius 2 is 2.00 bits per heavy atom. The highest BCUT2D eigenvalue weighted by atomic mass is 16.5. The Morgan fingerprint density at radius 1 is 1.20 bits per heavy atom. The molecule has 5 rings (SSSR count). The highest BCUT2D eigenvalue weighted by molar-refractivity contribution is 6.02. The first-order valence-corrected chi connectivity index (χ1v) is 13.2. The van der Waals surface area contributed by atoms with E-state index in [9.17, 15) is 14.4 Å². The third kappa shape index (κ3) is 4.07. The maximum Gasteiger partial charge on any atom is 0.246 e. The lowest BCUT2D eigenvalue weighted by Crippen LogP contribution is -2.57. The third-order valence-electron chi connectivity index (χ3n) is 8.40. The lowest BCUT2D eigenvalue weighted by Gasteiger charge is -2.36. The van der Waals surface area contributed by atoms with Gasteiger partial charge in [0.1, 0.15) is 11.6 Å². The van der Waals surface area contributed by atoms with Crippen molar-refractivity contribution in [3.05, 3.63) is 42.0 Å². The molecule has 3 fully saturated rings. The van der Waals surface area contributed by atoms with E-state index in [1.54, 1.807) is 4.90 Å². The molecule has 35 heavy (non-hydrogen) atoms. The zero-order valence-corrected chi connectivity index (χ0v) is 21.0. The molecule has 1 aromatic rings. The van der Waals surface area contributed by atoms with Crippen molar-refractivity contribution in [2.24, 2.45) is 17.8 Å². The van der Waals surface area contributed by atoms with Gasteiger partial charge in [-0.05, 0) is 49.8 Å². The van der Waals surface area contributed by atoms with E-state index in [0.29, 0.717) is 18.2 Å². The molecule has 7 nitrogen and oxygen atoms in total. The smallest absolute Gasteiger partial charge is 0.246 e. The minimum atomic E-state index is -1.09. The summed E-state index contributed by atoms with van der Waals surface area (Å²) >= 11 is 0. The van der Waals surface area contributed by atoms with Gasteiger partial charge in [-0.1, -0.05) is 57.4 Å². The molecule has 1 aliphatic carbocycles. The molecule has 1 spiro atoms. The van der Waals surface area contributed by atoms with Gasteiger partial charge >= 0.3 is 0 Å². The first-order valence-electron chi connectivity index (χ1n) is 13.2. The molecule has 3 aliphatic heterocycles. The topological polar surface area (TPSA) is 87.7 Å². The molecular formula is C28H37N3O4. The number of anilines is 1. The number of ether oxygens (including phenoxy) is 1. The number of carbonyl (C=O) groups excluding carboxylic acids is 3. The average molecular weight is 480 g/mol. The van der Waals surface area contributed by atoms with E-state index in [1.807, 2.05) is 43.3 Å². The number of benzene rings is 1. The molecule has 2 bridgehead atoms. The van der Waals surface area contributed by atoms with Crippen LogP contribution in [0.5, 0.6) is 0 Å². The number of likely N-dealkylation sites (tertiary alicyclic amines) is 1. The summed E-state index contributed by atoms with van der Waals surface area (Å²) < 4.78 is 6.41. The van der Waals surface area contributed by atoms with Gasteiger partial charge in [-0.15, -0.1) is 0 Å². The van der Waals surface area contributed by atoms with E-state index in [0.717, 1.165) is 37.7 Å². The van der Waals surface area contributed by atoms with E-state index in [4.69, 9.17) is 4.74 Å². The van der Waals surface area contributed by atoms with Crippen molar-refractivity contribution < 1.29 is 19.1 Å². The normalized spacial score (nSPS) is 35.3. The van der Waals surface area contributed by atoms with Crippen LogP contribution in [0.3, 0.4) is 0 Å². The molecule has 0 radical (unpaired) electrons. The van der Waals surface area contributed by atoms with Crippen LogP contribution in [-0.4, -0.2) is 53.0 Å². The number of nitrogens with one attached hydrogen (secondary N) is 2. The fraction of sp³-hybridized carbons (Fsp3) is 0.607. The zero-order chi connectivity index (χ0) is 24.7. The predicted molar refractivity (Wildman–Crippen MR) is 134 cm³/mol. The van der Waals surface area contributed by atoms with Crippen molar-refractivity contribution >= 4 is 23.4 Å². The minimum Gasteiger partial charge on any atom is -0.359 e. The van der Waals surface area contributed by atoms with Crippen LogP contribution < -0.4 is 10.6 Å². The van der Waals surface area contributed by atoms with E-state index >= 15 is 0 Å². The highest BCUT2D eigenvalue weighted by Crippen LogP contribution is 2.55. The number of hydrogen-bond donors (Lipinski definition) is 2. The van der Waals surface area contributed by atoms with Crippen LogP contribution in [0.4, 0.5) is 5.69 Å².